The lowest BCUT2D eigenvalue weighted by molar-refractivity contribution is 0.625. The number of nitriles is 1. The van der Waals surface area contributed by atoms with Crippen LogP contribution in [0, 0.1) is 16.7 Å². The Kier molecular flexibility index (Phi) is 7.99. The number of allylic oxidation sites excluding steroid dienone is 13. The lowest BCUT2D eigenvalue weighted by atomic mass is 9.79. The monoisotopic (exact) mass is 319 g/mol. The molecule has 0 unspecified atom stereocenters. The average Bonchev–Trinajstić information content (AvgIpc) is 2.82. The van der Waals surface area contributed by atoms with E-state index < -0.39 is 0 Å². The summed E-state index contributed by atoms with van der Waals surface area (Å²) in [5.41, 5.74) is 4.49. The highest BCUT2D eigenvalue weighted by Gasteiger charge is 2.21. The molecule has 1 heteroatoms. The highest BCUT2D eigenvalue weighted by atomic mass is 14.3. The molecule has 1 aliphatic rings. The molecule has 1 rings (SSSR count). The van der Waals surface area contributed by atoms with E-state index in [1.807, 2.05) is 25.2 Å². The van der Waals surface area contributed by atoms with E-state index in [1.165, 1.54) is 16.7 Å². The van der Waals surface area contributed by atoms with Crippen molar-refractivity contribution in [3.63, 3.8) is 0 Å². The van der Waals surface area contributed by atoms with Crippen LogP contribution < -0.4 is 0 Å². The standard InChI is InChI=1S/C23H29N/c1-6-21(14-12-19(3)18-24)22(7-2)15-13-20(4)23(5)16-10-8-9-11-17-23/h7-12,14,16-17H,4,6,13,15H2,1-3,5H3/b19-12+,21-14+,22-7+. The van der Waals surface area contributed by atoms with Crippen molar-refractivity contribution in [2.75, 3.05) is 0 Å². The van der Waals surface area contributed by atoms with Crippen molar-refractivity contribution in [3.05, 3.63) is 83.6 Å². The fourth-order valence-electron chi connectivity index (χ4n) is 2.69. The minimum atomic E-state index is -0.0876. The van der Waals surface area contributed by atoms with Crippen LogP contribution in [0.1, 0.15) is 47.0 Å². The summed E-state index contributed by atoms with van der Waals surface area (Å²) in [5.74, 6) is 0. The normalized spacial score (nSPS) is 17.5. The molecule has 24 heavy (non-hydrogen) atoms. The molecule has 0 aromatic carbocycles. The Morgan fingerprint density at radius 2 is 1.71 bits per heavy atom. The van der Waals surface area contributed by atoms with Crippen LogP contribution in [0.3, 0.4) is 0 Å². The van der Waals surface area contributed by atoms with E-state index in [4.69, 9.17) is 5.26 Å². The Morgan fingerprint density at radius 1 is 1.08 bits per heavy atom. The van der Waals surface area contributed by atoms with E-state index in [9.17, 15) is 0 Å². The average molecular weight is 319 g/mol. The molecule has 0 aromatic heterocycles. The van der Waals surface area contributed by atoms with Crippen molar-refractivity contribution in [2.24, 2.45) is 5.41 Å². The predicted octanol–water partition coefficient (Wildman–Crippen LogP) is 6.76. The summed E-state index contributed by atoms with van der Waals surface area (Å²) in [6.07, 6.45) is 21.7. The molecule has 0 saturated heterocycles. The third kappa shape index (κ3) is 5.70. The Morgan fingerprint density at radius 3 is 2.21 bits per heavy atom. The van der Waals surface area contributed by atoms with Crippen LogP contribution in [0.2, 0.25) is 0 Å². The van der Waals surface area contributed by atoms with Crippen LogP contribution in [0.25, 0.3) is 0 Å². The van der Waals surface area contributed by atoms with Crippen LogP contribution >= 0.6 is 0 Å². The van der Waals surface area contributed by atoms with Gasteiger partial charge in [-0.15, -0.1) is 0 Å². The van der Waals surface area contributed by atoms with Gasteiger partial charge < -0.3 is 0 Å². The van der Waals surface area contributed by atoms with E-state index in [0.29, 0.717) is 0 Å². The van der Waals surface area contributed by atoms with Gasteiger partial charge in [-0.2, -0.15) is 5.26 Å². The summed E-state index contributed by atoms with van der Waals surface area (Å²) in [7, 11) is 0. The maximum Gasteiger partial charge on any atom is 0.0944 e. The third-order valence-electron chi connectivity index (χ3n) is 4.53. The fourth-order valence-corrected chi connectivity index (χ4v) is 2.69. The second-order valence-corrected chi connectivity index (χ2v) is 6.31. The van der Waals surface area contributed by atoms with Gasteiger partial charge in [0.25, 0.3) is 0 Å². The molecule has 0 aliphatic heterocycles. The summed E-state index contributed by atoms with van der Waals surface area (Å²) in [6.45, 7) is 12.6. The van der Waals surface area contributed by atoms with Crippen LogP contribution in [-0.2, 0) is 0 Å². The van der Waals surface area contributed by atoms with Crippen molar-refractivity contribution >= 4 is 0 Å². The molecule has 0 saturated carbocycles. The highest BCUT2D eigenvalue weighted by Crippen LogP contribution is 2.35. The number of nitrogens with zero attached hydrogens (tertiary/aromatic N) is 1. The zero-order valence-corrected chi connectivity index (χ0v) is 15.5. The van der Waals surface area contributed by atoms with Gasteiger partial charge in [0.1, 0.15) is 0 Å². The molecule has 0 bridgehead atoms. The SMILES string of the molecule is C=C(CCC(=C\C)/C(=C/C=C(\C)C#N)CC)C1(C)C=CC=CC=C1. The van der Waals surface area contributed by atoms with Gasteiger partial charge in [0.15, 0.2) is 0 Å². The lowest BCUT2D eigenvalue weighted by Crippen LogP contribution is -2.12. The lowest BCUT2D eigenvalue weighted by Gasteiger charge is -2.25. The molecule has 0 fully saturated rings. The second-order valence-electron chi connectivity index (χ2n) is 6.31. The van der Waals surface area contributed by atoms with Crippen LogP contribution in [0.4, 0.5) is 0 Å². The first kappa shape index (κ1) is 19.7. The fraction of sp³-hybridized carbons (Fsp3) is 0.348. The first-order chi connectivity index (χ1) is 11.5. The maximum absolute atomic E-state index is 8.90. The van der Waals surface area contributed by atoms with E-state index >= 15 is 0 Å². The second kappa shape index (κ2) is 9.73. The predicted molar refractivity (Wildman–Crippen MR) is 105 cm³/mol. The van der Waals surface area contributed by atoms with Gasteiger partial charge in [-0.25, -0.2) is 0 Å². The van der Waals surface area contributed by atoms with E-state index in [1.54, 1.807) is 0 Å². The maximum atomic E-state index is 8.90. The van der Waals surface area contributed by atoms with Crippen molar-refractivity contribution in [1.29, 1.82) is 5.26 Å². The molecular formula is C23H29N. The highest BCUT2D eigenvalue weighted by molar-refractivity contribution is 5.38. The molecule has 0 atom stereocenters. The molecule has 0 spiro atoms. The first-order valence-corrected chi connectivity index (χ1v) is 8.62. The van der Waals surface area contributed by atoms with Gasteiger partial charge in [-0.05, 0) is 57.3 Å². The summed E-state index contributed by atoms with van der Waals surface area (Å²) in [4.78, 5) is 0. The largest absolute Gasteiger partial charge is 0.193 e. The Balaban J connectivity index is 2.83. The van der Waals surface area contributed by atoms with Crippen LogP contribution in [0.5, 0.6) is 0 Å². The molecule has 1 nitrogen and oxygen atoms in total. The van der Waals surface area contributed by atoms with Gasteiger partial charge >= 0.3 is 0 Å². The minimum Gasteiger partial charge on any atom is -0.193 e. The van der Waals surface area contributed by atoms with Crippen LogP contribution in [-0.4, -0.2) is 0 Å². The minimum absolute atomic E-state index is 0.0876. The van der Waals surface area contributed by atoms with E-state index in [-0.39, 0.29) is 5.41 Å². The summed E-state index contributed by atoms with van der Waals surface area (Å²) < 4.78 is 0. The Bertz CT molecular complexity index is 653. The molecular weight excluding hydrogens is 290 g/mol. The molecule has 0 N–H and O–H groups in total. The van der Waals surface area contributed by atoms with Crippen molar-refractivity contribution in [1.82, 2.24) is 0 Å². The summed E-state index contributed by atoms with van der Waals surface area (Å²) >= 11 is 0. The molecule has 0 radical (unpaired) electrons. The third-order valence-corrected chi connectivity index (χ3v) is 4.53. The van der Waals surface area contributed by atoms with E-state index in [0.717, 1.165) is 24.8 Å². The van der Waals surface area contributed by atoms with Crippen LogP contribution in [0.15, 0.2) is 83.6 Å². The zero-order valence-electron chi connectivity index (χ0n) is 15.5. The van der Waals surface area contributed by atoms with Gasteiger partial charge in [0.2, 0.25) is 0 Å². The molecule has 1 aliphatic carbocycles. The first-order valence-electron chi connectivity index (χ1n) is 8.62. The van der Waals surface area contributed by atoms with Gasteiger partial charge in [-0.3, -0.25) is 0 Å². The summed E-state index contributed by atoms with van der Waals surface area (Å²) in [6, 6.07) is 2.17. The number of hydrogen-bond acceptors (Lipinski definition) is 1. The smallest absolute Gasteiger partial charge is 0.0944 e. The van der Waals surface area contributed by atoms with Crippen molar-refractivity contribution < 1.29 is 0 Å². The summed E-state index contributed by atoms with van der Waals surface area (Å²) in [5, 5.41) is 8.90. The topological polar surface area (TPSA) is 23.8 Å². The van der Waals surface area contributed by atoms with E-state index in [2.05, 4.69) is 69.9 Å². The van der Waals surface area contributed by atoms with Crippen molar-refractivity contribution in [2.45, 2.75) is 47.0 Å². The molecule has 0 amide bonds. The van der Waals surface area contributed by atoms with Gasteiger partial charge in [-0.1, -0.05) is 67.7 Å². The van der Waals surface area contributed by atoms with Gasteiger partial charge in [0, 0.05) is 11.0 Å². The Hall–Kier alpha value is -2.33. The van der Waals surface area contributed by atoms with Crippen molar-refractivity contribution in [3.8, 4) is 6.07 Å². The molecule has 126 valence electrons. The molecule has 0 aromatic rings. The molecule has 0 heterocycles. The van der Waals surface area contributed by atoms with Gasteiger partial charge in [0.05, 0.1) is 6.07 Å². The Labute approximate surface area is 147 Å². The zero-order chi connectivity index (χ0) is 18.0. The quantitative estimate of drug-likeness (QED) is 0.289. The number of hydrogen-bond donors (Lipinski definition) is 0. The number of rotatable bonds is 7.